The van der Waals surface area contributed by atoms with E-state index in [9.17, 15) is 9.59 Å². The van der Waals surface area contributed by atoms with Gasteiger partial charge in [0.25, 0.3) is 0 Å². The fourth-order valence-corrected chi connectivity index (χ4v) is 1.94. The maximum atomic E-state index is 11.4. The predicted molar refractivity (Wildman–Crippen MR) is 90.2 cm³/mol. The van der Waals surface area contributed by atoms with Crippen LogP contribution in [0.15, 0.2) is 48.5 Å². The normalized spacial score (nSPS) is 9.42. The molecule has 0 amide bonds. The van der Waals surface area contributed by atoms with Gasteiger partial charge in [-0.15, -0.1) is 12.8 Å². The third-order valence-electron chi connectivity index (χ3n) is 3.08. The second-order valence-corrected chi connectivity index (χ2v) is 4.70. The lowest BCUT2D eigenvalue weighted by atomic mass is 10.1. The van der Waals surface area contributed by atoms with E-state index in [0.717, 1.165) is 0 Å². The molecule has 0 atom stereocenters. The van der Waals surface area contributed by atoms with E-state index < -0.39 is 11.6 Å². The van der Waals surface area contributed by atoms with Crippen molar-refractivity contribution in [3.63, 3.8) is 0 Å². The number of ether oxygens (including phenoxy) is 2. The number of terminal acetylenes is 2. The summed E-state index contributed by atoms with van der Waals surface area (Å²) in [5, 5.41) is 0. The molecule has 0 bridgehead atoms. The van der Waals surface area contributed by atoms with Gasteiger partial charge in [-0.25, -0.2) is 0 Å². The first-order valence-corrected chi connectivity index (χ1v) is 7.11. The lowest BCUT2D eigenvalue weighted by Gasteiger charge is -2.09. The largest absolute Gasteiger partial charge is 0.490 e. The first-order chi connectivity index (χ1) is 11.6. The van der Waals surface area contributed by atoms with Gasteiger partial charge in [0, 0.05) is 11.1 Å². The molecule has 0 aliphatic heterocycles. The summed E-state index contributed by atoms with van der Waals surface area (Å²) in [7, 11) is 0. The molecule has 0 aromatic heterocycles. The second kappa shape index (κ2) is 8.22. The molecule has 4 heteroatoms. The Morgan fingerprint density at radius 3 is 1.58 bits per heavy atom. The van der Waals surface area contributed by atoms with E-state index in [-0.39, 0.29) is 13.2 Å². The first kappa shape index (κ1) is 16.9. The minimum absolute atomic E-state index is 0.265. The van der Waals surface area contributed by atoms with Crippen LogP contribution in [0, 0.1) is 24.7 Å². The number of hydrogen-bond acceptors (Lipinski definition) is 4. The van der Waals surface area contributed by atoms with E-state index in [0.29, 0.717) is 22.6 Å². The van der Waals surface area contributed by atoms with Crippen LogP contribution in [-0.4, -0.2) is 24.8 Å². The van der Waals surface area contributed by atoms with Gasteiger partial charge in [0.2, 0.25) is 11.6 Å². The molecule has 0 heterocycles. The summed E-state index contributed by atoms with van der Waals surface area (Å²) in [6.07, 6.45) is 10.2. The predicted octanol–water partition coefficient (Wildman–Crippen LogP) is 2.78. The summed E-state index contributed by atoms with van der Waals surface area (Å²) in [4.78, 5) is 22.9. The van der Waals surface area contributed by atoms with Crippen molar-refractivity contribution in [1.82, 2.24) is 0 Å². The van der Waals surface area contributed by atoms with Gasteiger partial charge < -0.3 is 9.47 Å². The highest BCUT2D eigenvalue weighted by molar-refractivity contribution is 6.09. The van der Waals surface area contributed by atoms with Gasteiger partial charge in [0.1, 0.15) is 24.7 Å². The maximum absolute atomic E-state index is 11.4. The molecule has 2 aromatic rings. The van der Waals surface area contributed by atoms with Gasteiger partial charge in [-0.05, 0) is 36.1 Å². The van der Waals surface area contributed by atoms with Crippen LogP contribution in [0.3, 0.4) is 0 Å². The highest BCUT2D eigenvalue weighted by atomic mass is 16.5. The van der Waals surface area contributed by atoms with Gasteiger partial charge in [-0.3, -0.25) is 9.59 Å². The fraction of sp³-hybridized carbons (Fsp3) is 0.100. The Morgan fingerprint density at radius 1 is 0.792 bits per heavy atom. The van der Waals surface area contributed by atoms with Crippen LogP contribution in [0.4, 0.5) is 0 Å². The van der Waals surface area contributed by atoms with Crippen molar-refractivity contribution >= 4 is 11.6 Å². The van der Waals surface area contributed by atoms with Crippen LogP contribution in [0.1, 0.15) is 20.7 Å². The van der Waals surface area contributed by atoms with E-state index in [1.54, 1.807) is 48.5 Å². The van der Waals surface area contributed by atoms with Crippen LogP contribution < -0.4 is 9.47 Å². The van der Waals surface area contributed by atoms with Crippen LogP contribution in [0.5, 0.6) is 11.5 Å². The molecule has 4 nitrogen and oxygen atoms in total. The summed E-state index contributed by atoms with van der Waals surface area (Å²) in [5.74, 6) is 4.37. The molecule has 2 aromatic carbocycles. The standard InChI is InChI=1S/C20H14O4/c1-3-19(21)15-7-5-9-17(13-15)23-11-12-24-18-10-6-8-16(14-18)20(22)4-2/h1-2,5-10,13-14H,11-12H2. The number of rotatable bonds is 7. The quantitative estimate of drug-likeness (QED) is 0.341. The number of Topliss-reactive ketones (excluding diaryl/α,β-unsaturated/α-hetero) is 2. The van der Waals surface area contributed by atoms with Crippen molar-refractivity contribution in [2.45, 2.75) is 0 Å². The van der Waals surface area contributed by atoms with Crippen molar-refractivity contribution in [3.05, 3.63) is 59.7 Å². The zero-order chi connectivity index (χ0) is 17.4. The molecular formula is C20H14O4. The summed E-state index contributed by atoms with van der Waals surface area (Å²) >= 11 is 0. The first-order valence-electron chi connectivity index (χ1n) is 7.11. The molecule has 24 heavy (non-hydrogen) atoms. The molecule has 2 rings (SSSR count). The highest BCUT2D eigenvalue weighted by Crippen LogP contribution is 2.15. The third kappa shape index (κ3) is 4.50. The van der Waals surface area contributed by atoms with E-state index in [1.165, 1.54) is 0 Å². The molecular weight excluding hydrogens is 304 g/mol. The SMILES string of the molecule is C#CC(=O)c1cccc(OCCOc2cccc(C(=O)C#C)c2)c1. The average Bonchev–Trinajstić information content (AvgIpc) is 2.64. The van der Waals surface area contributed by atoms with Gasteiger partial charge >= 0.3 is 0 Å². The van der Waals surface area contributed by atoms with Gasteiger partial charge in [-0.2, -0.15) is 0 Å². The topological polar surface area (TPSA) is 52.6 Å². The molecule has 0 unspecified atom stereocenters. The average molecular weight is 318 g/mol. The van der Waals surface area contributed by atoms with Crippen LogP contribution >= 0.6 is 0 Å². The Labute approximate surface area is 140 Å². The molecule has 0 N–H and O–H groups in total. The Kier molecular flexibility index (Phi) is 5.77. The summed E-state index contributed by atoms with van der Waals surface area (Å²) in [5.41, 5.74) is 0.799. The van der Waals surface area contributed by atoms with Crippen LogP contribution in [-0.2, 0) is 0 Å². The minimum Gasteiger partial charge on any atom is -0.490 e. The third-order valence-corrected chi connectivity index (χ3v) is 3.08. The fourth-order valence-electron chi connectivity index (χ4n) is 1.94. The maximum Gasteiger partial charge on any atom is 0.235 e. The van der Waals surface area contributed by atoms with Crippen molar-refractivity contribution in [1.29, 1.82) is 0 Å². The van der Waals surface area contributed by atoms with E-state index in [2.05, 4.69) is 11.8 Å². The monoisotopic (exact) mass is 318 g/mol. The molecule has 118 valence electrons. The molecule has 0 spiro atoms. The Morgan fingerprint density at radius 2 is 1.21 bits per heavy atom. The van der Waals surface area contributed by atoms with Gasteiger partial charge in [-0.1, -0.05) is 24.3 Å². The van der Waals surface area contributed by atoms with Gasteiger partial charge in [0.15, 0.2) is 0 Å². The van der Waals surface area contributed by atoms with Crippen molar-refractivity contribution in [3.8, 4) is 36.2 Å². The lowest BCUT2D eigenvalue weighted by Crippen LogP contribution is -2.09. The molecule has 0 saturated heterocycles. The van der Waals surface area contributed by atoms with Crippen LogP contribution in [0.2, 0.25) is 0 Å². The van der Waals surface area contributed by atoms with Gasteiger partial charge in [0.05, 0.1) is 0 Å². The van der Waals surface area contributed by atoms with Crippen LogP contribution in [0.25, 0.3) is 0 Å². The lowest BCUT2D eigenvalue weighted by molar-refractivity contribution is 0.104. The summed E-state index contributed by atoms with van der Waals surface area (Å²) in [6.45, 7) is 0.530. The molecule has 0 fully saturated rings. The Hall–Kier alpha value is -3.50. The number of benzene rings is 2. The minimum atomic E-state index is -0.397. The Balaban J connectivity index is 1.88. The van der Waals surface area contributed by atoms with E-state index in [4.69, 9.17) is 22.3 Å². The zero-order valence-corrected chi connectivity index (χ0v) is 12.8. The number of ketones is 2. The summed E-state index contributed by atoms with van der Waals surface area (Å²) < 4.78 is 11.0. The van der Waals surface area contributed by atoms with E-state index >= 15 is 0 Å². The zero-order valence-electron chi connectivity index (χ0n) is 12.8. The van der Waals surface area contributed by atoms with Crippen molar-refractivity contribution < 1.29 is 19.1 Å². The number of hydrogen-bond donors (Lipinski definition) is 0. The molecule has 0 saturated carbocycles. The molecule has 0 radical (unpaired) electrons. The highest BCUT2D eigenvalue weighted by Gasteiger charge is 2.05. The molecule has 0 aliphatic carbocycles. The Bertz CT molecular complexity index is 766. The number of carbonyl (C=O) groups excluding carboxylic acids is 2. The second-order valence-electron chi connectivity index (χ2n) is 4.70. The van der Waals surface area contributed by atoms with Crippen molar-refractivity contribution in [2.75, 3.05) is 13.2 Å². The van der Waals surface area contributed by atoms with Crippen molar-refractivity contribution in [2.24, 2.45) is 0 Å². The molecule has 0 aliphatic rings. The summed E-state index contributed by atoms with van der Waals surface area (Å²) in [6, 6.07) is 13.2. The van der Waals surface area contributed by atoms with E-state index in [1.807, 2.05) is 0 Å². The number of carbonyl (C=O) groups is 2. The smallest absolute Gasteiger partial charge is 0.235 e.